The highest BCUT2D eigenvalue weighted by atomic mass is 16.5. The largest absolute Gasteiger partial charge is 0.491 e. The normalized spacial score (nSPS) is 14.8. The fourth-order valence-corrected chi connectivity index (χ4v) is 2.06. The van der Waals surface area contributed by atoms with E-state index in [2.05, 4.69) is 0 Å². The van der Waals surface area contributed by atoms with Crippen molar-refractivity contribution in [2.75, 3.05) is 13.2 Å². The molecule has 1 saturated heterocycles. The number of ether oxygens (including phenoxy) is 1. The van der Waals surface area contributed by atoms with Crippen LogP contribution in [-0.4, -0.2) is 40.9 Å². The first-order valence-electron chi connectivity index (χ1n) is 6.29. The highest BCUT2D eigenvalue weighted by Crippen LogP contribution is 2.19. The summed E-state index contributed by atoms with van der Waals surface area (Å²) in [4.78, 5) is 34.8. The molecule has 0 unspecified atom stereocenters. The molecule has 6 nitrogen and oxygen atoms in total. The highest BCUT2D eigenvalue weighted by molar-refractivity contribution is 6.01. The number of hydrogen-bond donors (Lipinski definition) is 1. The lowest BCUT2D eigenvalue weighted by Gasteiger charge is -2.15. The van der Waals surface area contributed by atoms with E-state index in [-0.39, 0.29) is 43.4 Å². The maximum absolute atomic E-state index is 11.4. The van der Waals surface area contributed by atoms with E-state index in [9.17, 15) is 14.4 Å². The molecular formula is C14H15NO5. The zero-order valence-electron chi connectivity index (χ0n) is 11.1. The van der Waals surface area contributed by atoms with Crippen LogP contribution in [0.2, 0.25) is 0 Å². The fraction of sp³-hybridized carbons (Fsp3) is 0.357. The average Bonchev–Trinajstić information content (AvgIpc) is 2.71. The molecule has 20 heavy (non-hydrogen) atoms. The molecule has 6 heteroatoms. The third-order valence-corrected chi connectivity index (χ3v) is 3.15. The Bertz CT molecular complexity index is 551. The fourth-order valence-electron chi connectivity index (χ4n) is 2.06. The molecule has 0 atom stereocenters. The van der Waals surface area contributed by atoms with E-state index in [4.69, 9.17) is 9.84 Å². The van der Waals surface area contributed by atoms with E-state index in [1.54, 1.807) is 13.0 Å². The molecule has 1 aromatic carbocycles. The van der Waals surface area contributed by atoms with Crippen molar-refractivity contribution in [1.29, 1.82) is 0 Å². The molecule has 106 valence electrons. The van der Waals surface area contributed by atoms with Gasteiger partial charge in [0.1, 0.15) is 12.4 Å². The van der Waals surface area contributed by atoms with E-state index in [0.29, 0.717) is 11.3 Å². The molecule has 0 saturated carbocycles. The molecule has 0 radical (unpaired) electrons. The van der Waals surface area contributed by atoms with Gasteiger partial charge in [-0.15, -0.1) is 0 Å². The molecule has 1 aromatic rings. The Morgan fingerprint density at radius 3 is 2.50 bits per heavy atom. The maximum atomic E-state index is 11.4. The minimum atomic E-state index is -0.993. The second-order valence-electron chi connectivity index (χ2n) is 4.57. The van der Waals surface area contributed by atoms with Gasteiger partial charge in [-0.1, -0.05) is 0 Å². The summed E-state index contributed by atoms with van der Waals surface area (Å²) in [7, 11) is 0. The van der Waals surface area contributed by atoms with Crippen molar-refractivity contribution in [3.8, 4) is 5.75 Å². The van der Waals surface area contributed by atoms with Gasteiger partial charge >= 0.3 is 5.97 Å². The van der Waals surface area contributed by atoms with Crippen LogP contribution in [0.3, 0.4) is 0 Å². The molecule has 1 heterocycles. The van der Waals surface area contributed by atoms with E-state index < -0.39 is 5.97 Å². The zero-order chi connectivity index (χ0) is 14.7. The molecule has 0 bridgehead atoms. The number of imide groups is 1. The van der Waals surface area contributed by atoms with Crippen LogP contribution < -0.4 is 4.74 Å². The minimum absolute atomic E-state index is 0.170. The molecule has 1 aliphatic rings. The molecule has 2 amide bonds. The summed E-state index contributed by atoms with van der Waals surface area (Å²) in [5.41, 5.74) is 0.892. The van der Waals surface area contributed by atoms with Gasteiger partial charge in [-0.3, -0.25) is 14.5 Å². The van der Waals surface area contributed by atoms with Gasteiger partial charge in [-0.05, 0) is 30.7 Å². The Labute approximate surface area is 115 Å². The van der Waals surface area contributed by atoms with Crippen LogP contribution in [0.4, 0.5) is 0 Å². The topological polar surface area (TPSA) is 83.9 Å². The number of hydrogen-bond acceptors (Lipinski definition) is 4. The SMILES string of the molecule is Cc1cc(C(=O)O)ccc1OCCN1C(=O)CCC1=O. The van der Waals surface area contributed by atoms with Crippen molar-refractivity contribution in [2.24, 2.45) is 0 Å². The second kappa shape index (κ2) is 5.73. The van der Waals surface area contributed by atoms with E-state index >= 15 is 0 Å². The first-order valence-corrected chi connectivity index (χ1v) is 6.29. The third kappa shape index (κ3) is 2.96. The average molecular weight is 277 g/mol. The van der Waals surface area contributed by atoms with E-state index in [1.165, 1.54) is 17.0 Å². The predicted octanol–water partition coefficient (Wildman–Crippen LogP) is 1.22. The van der Waals surface area contributed by atoms with Crippen molar-refractivity contribution in [1.82, 2.24) is 4.90 Å². The molecular weight excluding hydrogens is 262 g/mol. The number of carboxylic acid groups (broad SMARTS) is 1. The van der Waals surface area contributed by atoms with E-state index in [0.717, 1.165) is 0 Å². The van der Waals surface area contributed by atoms with Crippen molar-refractivity contribution >= 4 is 17.8 Å². The molecule has 0 aromatic heterocycles. The molecule has 2 rings (SSSR count). The Morgan fingerprint density at radius 2 is 1.95 bits per heavy atom. The summed E-state index contributed by atoms with van der Waals surface area (Å²) in [5, 5.41) is 8.86. The van der Waals surface area contributed by atoms with Crippen LogP contribution >= 0.6 is 0 Å². The molecule has 0 spiro atoms. The van der Waals surface area contributed by atoms with Crippen molar-refractivity contribution in [3.05, 3.63) is 29.3 Å². The predicted molar refractivity (Wildman–Crippen MR) is 69.6 cm³/mol. The van der Waals surface area contributed by atoms with Gasteiger partial charge in [0.15, 0.2) is 0 Å². The summed E-state index contributed by atoms with van der Waals surface area (Å²) < 4.78 is 5.49. The van der Waals surface area contributed by atoms with Gasteiger partial charge < -0.3 is 9.84 Å². The number of amides is 2. The molecule has 1 N–H and O–H groups in total. The summed E-state index contributed by atoms with van der Waals surface area (Å²) in [5.74, 6) is -0.782. The third-order valence-electron chi connectivity index (χ3n) is 3.15. The van der Waals surface area contributed by atoms with Crippen molar-refractivity contribution in [3.63, 3.8) is 0 Å². The second-order valence-corrected chi connectivity index (χ2v) is 4.57. The van der Waals surface area contributed by atoms with Gasteiger partial charge in [-0.25, -0.2) is 4.79 Å². The molecule has 1 fully saturated rings. The summed E-state index contributed by atoms with van der Waals surface area (Å²) >= 11 is 0. The van der Waals surface area contributed by atoms with Crippen LogP contribution in [0.1, 0.15) is 28.8 Å². The smallest absolute Gasteiger partial charge is 0.335 e. The first-order chi connectivity index (χ1) is 9.49. The Hall–Kier alpha value is -2.37. The Balaban J connectivity index is 1.93. The monoisotopic (exact) mass is 277 g/mol. The standard InChI is InChI=1S/C14H15NO5/c1-9-8-10(14(18)19)2-3-11(9)20-7-6-15-12(16)4-5-13(15)17/h2-3,8H,4-7H2,1H3,(H,18,19). The summed E-state index contributed by atoms with van der Waals surface area (Å²) in [6.07, 6.45) is 0.538. The van der Waals surface area contributed by atoms with E-state index in [1.807, 2.05) is 0 Å². The van der Waals surface area contributed by atoms with Crippen LogP contribution in [0.15, 0.2) is 18.2 Å². The number of carbonyl (C=O) groups is 3. The highest BCUT2D eigenvalue weighted by Gasteiger charge is 2.28. The van der Waals surface area contributed by atoms with Gasteiger partial charge in [-0.2, -0.15) is 0 Å². The number of benzene rings is 1. The maximum Gasteiger partial charge on any atom is 0.335 e. The Kier molecular flexibility index (Phi) is 4.02. The van der Waals surface area contributed by atoms with Crippen LogP contribution in [-0.2, 0) is 9.59 Å². The lowest BCUT2D eigenvalue weighted by atomic mass is 10.1. The number of rotatable bonds is 5. The van der Waals surface area contributed by atoms with Gasteiger partial charge in [0.05, 0.1) is 12.1 Å². The van der Waals surface area contributed by atoms with Gasteiger partial charge in [0.2, 0.25) is 11.8 Å². The zero-order valence-corrected chi connectivity index (χ0v) is 11.1. The quantitative estimate of drug-likeness (QED) is 0.818. The van der Waals surface area contributed by atoms with Gasteiger partial charge in [0.25, 0.3) is 0 Å². The lowest BCUT2D eigenvalue weighted by Crippen LogP contribution is -2.33. The number of likely N-dealkylation sites (tertiary alicyclic amines) is 1. The number of aromatic carboxylic acids is 1. The van der Waals surface area contributed by atoms with Crippen molar-refractivity contribution < 1.29 is 24.2 Å². The number of carbonyl (C=O) groups excluding carboxylic acids is 2. The molecule has 1 aliphatic heterocycles. The van der Waals surface area contributed by atoms with Crippen LogP contribution in [0.5, 0.6) is 5.75 Å². The number of nitrogens with zero attached hydrogens (tertiary/aromatic N) is 1. The van der Waals surface area contributed by atoms with Crippen LogP contribution in [0, 0.1) is 6.92 Å². The van der Waals surface area contributed by atoms with Crippen LogP contribution in [0.25, 0.3) is 0 Å². The number of aryl methyl sites for hydroxylation is 1. The first kappa shape index (κ1) is 14.0. The lowest BCUT2D eigenvalue weighted by molar-refractivity contribution is -0.138. The minimum Gasteiger partial charge on any atom is -0.491 e. The summed E-state index contributed by atoms with van der Waals surface area (Å²) in [6.45, 7) is 2.16. The number of carboxylic acids is 1. The Morgan fingerprint density at radius 1 is 1.30 bits per heavy atom. The summed E-state index contributed by atoms with van der Waals surface area (Å²) in [6, 6.07) is 4.55. The van der Waals surface area contributed by atoms with Gasteiger partial charge in [0, 0.05) is 12.8 Å². The van der Waals surface area contributed by atoms with Crippen molar-refractivity contribution in [2.45, 2.75) is 19.8 Å². The molecule has 0 aliphatic carbocycles.